The Morgan fingerprint density at radius 1 is 0.837 bits per heavy atom. The highest BCUT2D eigenvalue weighted by Gasteiger charge is 2.31. The number of anilines is 2. The number of nitrogens with one attached hydrogen (secondary N) is 1. The van der Waals surface area contributed by atoms with Crippen LogP contribution in [-0.4, -0.2) is 69.0 Å². The van der Waals surface area contributed by atoms with Crippen molar-refractivity contribution < 1.29 is 18.4 Å². The summed E-state index contributed by atoms with van der Waals surface area (Å²) < 4.78 is 30.1. The molecule has 1 N–H and O–H groups in total. The molecule has 3 aromatic heterocycles. The maximum absolute atomic E-state index is 14.8. The van der Waals surface area contributed by atoms with Gasteiger partial charge < -0.3 is 9.80 Å². The number of hydrogen-bond acceptors (Lipinski definition) is 8. The fraction of sp³-hybridized carbons (Fsp3) is 0.324. The number of nitrogens with zero attached hydrogens (tertiary/aromatic N) is 7. The molecule has 2 amide bonds. The van der Waals surface area contributed by atoms with Gasteiger partial charge in [0.1, 0.15) is 23.3 Å². The minimum absolute atomic E-state index is 0.202. The molecule has 1 unspecified atom stereocenters. The number of amides is 2. The Morgan fingerprint density at radius 2 is 1.69 bits per heavy atom. The van der Waals surface area contributed by atoms with Crippen molar-refractivity contribution in [2.24, 2.45) is 0 Å². The summed E-state index contributed by atoms with van der Waals surface area (Å²) in [5.74, 6) is -0.248. The summed E-state index contributed by atoms with van der Waals surface area (Å²) in [6.45, 7) is 4.72. The van der Waals surface area contributed by atoms with Crippen molar-refractivity contribution in [3.05, 3.63) is 107 Å². The highest BCUT2D eigenvalue weighted by Crippen LogP contribution is 2.37. The van der Waals surface area contributed by atoms with Gasteiger partial charge in [-0.15, -0.1) is 0 Å². The summed E-state index contributed by atoms with van der Waals surface area (Å²) in [7, 11) is 0. The lowest BCUT2D eigenvalue weighted by Crippen LogP contribution is -2.46. The molecule has 49 heavy (non-hydrogen) atoms. The van der Waals surface area contributed by atoms with Crippen molar-refractivity contribution in [3.63, 3.8) is 0 Å². The lowest BCUT2D eigenvalue weighted by atomic mass is 9.87. The van der Waals surface area contributed by atoms with Crippen LogP contribution in [0.3, 0.4) is 0 Å². The molecule has 6 heterocycles. The highest BCUT2D eigenvalue weighted by molar-refractivity contribution is 6.01. The van der Waals surface area contributed by atoms with E-state index in [4.69, 9.17) is 9.97 Å². The fourth-order valence-corrected chi connectivity index (χ4v) is 7.47. The summed E-state index contributed by atoms with van der Waals surface area (Å²) >= 11 is 0. The first-order chi connectivity index (χ1) is 23.9. The Labute approximate surface area is 282 Å². The van der Waals surface area contributed by atoms with Gasteiger partial charge in [0.15, 0.2) is 5.65 Å². The zero-order valence-corrected chi connectivity index (χ0v) is 26.9. The first kappa shape index (κ1) is 31.1. The number of carbonyl (C=O) groups excluding carboxylic acids is 2. The molecule has 3 aliphatic rings. The largest absolute Gasteiger partial charge is 0.354 e. The van der Waals surface area contributed by atoms with Crippen LogP contribution in [0.15, 0.2) is 79.1 Å². The van der Waals surface area contributed by atoms with Gasteiger partial charge in [0.05, 0.1) is 29.4 Å². The van der Waals surface area contributed by atoms with Crippen LogP contribution in [0.25, 0.3) is 16.9 Å². The third-order valence-corrected chi connectivity index (χ3v) is 9.99. The average Bonchev–Trinajstić information content (AvgIpc) is 3.77. The maximum atomic E-state index is 14.8. The van der Waals surface area contributed by atoms with Gasteiger partial charge in [0.25, 0.3) is 0 Å². The fourth-order valence-electron chi connectivity index (χ4n) is 7.47. The van der Waals surface area contributed by atoms with Gasteiger partial charge >= 0.3 is 0 Å². The van der Waals surface area contributed by atoms with Gasteiger partial charge in [-0.05, 0) is 54.7 Å². The number of carbonyl (C=O) groups is 2. The van der Waals surface area contributed by atoms with E-state index >= 15 is 0 Å². The summed E-state index contributed by atoms with van der Waals surface area (Å²) in [6.07, 6.45) is 6.17. The number of imide groups is 1. The molecule has 8 rings (SSSR count). The first-order valence-electron chi connectivity index (χ1n) is 16.8. The van der Waals surface area contributed by atoms with Crippen molar-refractivity contribution in [2.75, 3.05) is 42.5 Å². The van der Waals surface area contributed by atoms with Crippen molar-refractivity contribution >= 4 is 29.1 Å². The van der Waals surface area contributed by atoms with Crippen LogP contribution in [0.2, 0.25) is 0 Å². The summed E-state index contributed by atoms with van der Waals surface area (Å²) in [5, 5.41) is 7.03. The van der Waals surface area contributed by atoms with Crippen molar-refractivity contribution in [1.29, 1.82) is 0 Å². The van der Waals surface area contributed by atoms with E-state index in [9.17, 15) is 18.4 Å². The number of benzene rings is 2. The average molecular weight is 663 g/mol. The van der Waals surface area contributed by atoms with Crippen LogP contribution < -0.4 is 15.1 Å². The minimum Gasteiger partial charge on any atom is -0.354 e. The molecule has 2 atom stereocenters. The lowest BCUT2D eigenvalue weighted by Gasteiger charge is -2.36. The molecular weight excluding hydrogens is 626 g/mol. The molecule has 10 nitrogen and oxygen atoms in total. The van der Waals surface area contributed by atoms with Crippen LogP contribution in [0, 0.1) is 11.6 Å². The molecule has 0 spiro atoms. The van der Waals surface area contributed by atoms with Gasteiger partial charge in [-0.1, -0.05) is 36.4 Å². The normalized spacial score (nSPS) is 20.3. The summed E-state index contributed by atoms with van der Waals surface area (Å²) in [6, 6.07) is 19.5. The summed E-state index contributed by atoms with van der Waals surface area (Å²) in [4.78, 5) is 41.1. The second kappa shape index (κ2) is 13.0. The van der Waals surface area contributed by atoms with Crippen LogP contribution in [0.1, 0.15) is 54.3 Å². The first-order valence-corrected chi connectivity index (χ1v) is 16.8. The lowest BCUT2D eigenvalue weighted by molar-refractivity contribution is -0.134. The highest BCUT2D eigenvalue weighted by atomic mass is 19.1. The molecule has 3 fully saturated rings. The number of pyridine rings is 1. The number of hydrogen-bond donors (Lipinski definition) is 1. The van der Waals surface area contributed by atoms with E-state index in [0.717, 1.165) is 86.4 Å². The van der Waals surface area contributed by atoms with Crippen LogP contribution in [0.5, 0.6) is 0 Å². The predicted octanol–water partition coefficient (Wildman–Crippen LogP) is 5.25. The Hall–Kier alpha value is -5.23. The molecule has 3 aliphatic heterocycles. The Balaban J connectivity index is 0.976. The van der Waals surface area contributed by atoms with E-state index in [1.165, 1.54) is 12.1 Å². The predicted molar refractivity (Wildman–Crippen MR) is 181 cm³/mol. The van der Waals surface area contributed by atoms with Crippen molar-refractivity contribution in [3.8, 4) is 11.3 Å². The molecule has 3 saturated heterocycles. The Morgan fingerprint density at radius 3 is 2.53 bits per heavy atom. The van der Waals surface area contributed by atoms with Crippen LogP contribution in [0.4, 0.5) is 20.4 Å². The Kier molecular flexibility index (Phi) is 8.24. The third-order valence-electron chi connectivity index (χ3n) is 9.99. The van der Waals surface area contributed by atoms with Gasteiger partial charge in [0.2, 0.25) is 11.8 Å². The number of halogens is 2. The van der Waals surface area contributed by atoms with Gasteiger partial charge in [-0.3, -0.25) is 19.8 Å². The Bertz CT molecular complexity index is 2040. The van der Waals surface area contributed by atoms with Gasteiger partial charge in [0, 0.05) is 63.5 Å². The molecule has 12 heteroatoms. The molecule has 0 saturated carbocycles. The zero-order chi connectivity index (χ0) is 33.5. The molecule has 2 aromatic carbocycles. The number of fused-ring (bicyclic) bond motifs is 1. The number of rotatable bonds is 7. The SMILES string of the molecule is O=C1CCC(c2ccccc2CN2CCN(c3cccc(-c4cnn5ccc(N6CCC[C@@H]6c6ccc(F)cc6F)nc45)n3)CC2)C(=O)N1. The van der Waals surface area contributed by atoms with E-state index in [0.29, 0.717) is 29.9 Å². The van der Waals surface area contributed by atoms with E-state index in [-0.39, 0.29) is 23.8 Å². The number of piperidine rings is 1. The quantitative estimate of drug-likeness (QED) is 0.236. The molecule has 0 radical (unpaired) electrons. The molecular formula is C37H36F2N8O2. The zero-order valence-electron chi connectivity index (χ0n) is 26.9. The van der Waals surface area contributed by atoms with E-state index < -0.39 is 11.6 Å². The number of aromatic nitrogens is 4. The maximum Gasteiger partial charge on any atom is 0.234 e. The van der Waals surface area contributed by atoms with E-state index in [1.54, 1.807) is 10.7 Å². The molecule has 0 bridgehead atoms. The van der Waals surface area contributed by atoms with Crippen molar-refractivity contribution in [1.82, 2.24) is 29.8 Å². The number of piperazine rings is 1. The van der Waals surface area contributed by atoms with Gasteiger partial charge in [-0.25, -0.2) is 23.3 Å². The minimum atomic E-state index is -0.585. The van der Waals surface area contributed by atoms with Crippen molar-refractivity contribution in [2.45, 2.75) is 44.2 Å². The van der Waals surface area contributed by atoms with E-state index in [2.05, 4.69) is 31.2 Å². The van der Waals surface area contributed by atoms with E-state index in [1.807, 2.05) is 48.7 Å². The molecule has 0 aliphatic carbocycles. The molecule has 250 valence electrons. The second-order valence-corrected chi connectivity index (χ2v) is 13.0. The van der Waals surface area contributed by atoms with Crippen LogP contribution in [-0.2, 0) is 16.1 Å². The van der Waals surface area contributed by atoms with Crippen LogP contribution >= 0.6 is 0 Å². The topological polar surface area (TPSA) is 99.0 Å². The molecule has 5 aromatic rings. The standard InChI is InChI=1S/C37H36F2N8O2/c38-25-10-11-28(30(39)21-25)32-8-4-15-46(32)34-14-16-47-36(42-34)29(22-40-47)31-7-3-9-33(41-31)45-19-17-44(18-20-45)23-24-5-1-2-6-26(24)27-12-13-35(48)43-37(27)49/h1-3,5-7,9-11,14,16,21-22,27,32H,4,8,12-13,15,17-20,23H2,(H,43,48,49)/t27?,32-/m1/s1. The second-order valence-electron chi connectivity index (χ2n) is 13.0. The third kappa shape index (κ3) is 6.12. The van der Waals surface area contributed by atoms with Gasteiger partial charge in [-0.2, -0.15) is 5.10 Å². The summed E-state index contributed by atoms with van der Waals surface area (Å²) in [5.41, 5.74) is 4.82. The monoisotopic (exact) mass is 662 g/mol. The smallest absolute Gasteiger partial charge is 0.234 e.